The monoisotopic (exact) mass is 225 g/mol. The molecular weight excluding hydrogens is 214 g/mol. The Bertz CT molecular complexity index is 250. The van der Waals surface area contributed by atoms with Crippen LogP contribution in [0.2, 0.25) is 0 Å². The van der Waals surface area contributed by atoms with Crippen LogP contribution in [0.25, 0.3) is 0 Å². The number of halogens is 1. The fourth-order valence-corrected chi connectivity index (χ4v) is 1.82. The molecule has 0 aromatic carbocycles. The van der Waals surface area contributed by atoms with E-state index in [4.69, 9.17) is 17.3 Å². The molecule has 3 unspecified atom stereocenters. The van der Waals surface area contributed by atoms with Gasteiger partial charge in [-0.2, -0.15) is 0 Å². The highest BCUT2D eigenvalue weighted by molar-refractivity contribution is 6.24. The van der Waals surface area contributed by atoms with E-state index in [0.717, 1.165) is 0 Å². The van der Waals surface area contributed by atoms with Crippen LogP contribution in [0.4, 0.5) is 0 Å². The van der Waals surface area contributed by atoms with Crippen LogP contribution < -0.4 is 5.73 Å². The van der Waals surface area contributed by atoms with Gasteiger partial charge in [-0.1, -0.05) is 0 Å². The summed E-state index contributed by atoms with van der Waals surface area (Å²) in [6.07, 6.45) is -5.01. The number of hydrogen-bond donors (Lipinski definition) is 5. The highest BCUT2D eigenvalue weighted by Crippen LogP contribution is 2.33. The first kappa shape index (κ1) is 11.7. The van der Waals surface area contributed by atoms with Crippen molar-refractivity contribution < 1.29 is 25.2 Å². The van der Waals surface area contributed by atoms with Gasteiger partial charge in [0, 0.05) is 6.42 Å². The first-order valence-corrected chi connectivity index (χ1v) is 4.45. The molecule has 6 N–H and O–H groups in total. The molecule has 0 aromatic heterocycles. The lowest BCUT2D eigenvalue weighted by atomic mass is 9.79. The van der Waals surface area contributed by atoms with Crippen LogP contribution in [0.15, 0.2) is 0 Å². The SMILES string of the molecule is NC(=O)C1(O)C[C@@H](O)C(O)[C@H](O)C1Cl. The minimum absolute atomic E-state index is 0.491. The molecule has 14 heavy (non-hydrogen) atoms. The molecule has 6 nitrogen and oxygen atoms in total. The Hall–Kier alpha value is -0.400. The van der Waals surface area contributed by atoms with Gasteiger partial charge in [-0.3, -0.25) is 4.79 Å². The predicted molar refractivity (Wildman–Crippen MR) is 46.4 cm³/mol. The molecule has 82 valence electrons. The summed E-state index contributed by atoms with van der Waals surface area (Å²) in [5, 5.41) is 35.9. The van der Waals surface area contributed by atoms with Crippen molar-refractivity contribution in [3.8, 4) is 0 Å². The van der Waals surface area contributed by atoms with Crippen molar-refractivity contribution in [2.75, 3.05) is 0 Å². The van der Waals surface area contributed by atoms with E-state index >= 15 is 0 Å². The molecule has 0 aliphatic heterocycles. The summed E-state index contributed by atoms with van der Waals surface area (Å²) >= 11 is 5.56. The molecule has 0 radical (unpaired) electrons. The number of alkyl halides is 1. The van der Waals surface area contributed by atoms with Gasteiger partial charge in [0.15, 0.2) is 5.60 Å². The van der Waals surface area contributed by atoms with E-state index in [1.54, 1.807) is 0 Å². The van der Waals surface area contributed by atoms with Crippen LogP contribution >= 0.6 is 11.6 Å². The number of nitrogens with two attached hydrogens (primary N) is 1. The van der Waals surface area contributed by atoms with E-state index in [0.29, 0.717) is 0 Å². The van der Waals surface area contributed by atoms with Crippen LogP contribution in [-0.4, -0.2) is 55.6 Å². The molecule has 1 aliphatic carbocycles. The fraction of sp³-hybridized carbons (Fsp3) is 0.857. The van der Waals surface area contributed by atoms with Gasteiger partial charge in [0.25, 0.3) is 5.91 Å². The number of primary amides is 1. The molecule has 1 saturated carbocycles. The zero-order valence-corrected chi connectivity index (χ0v) is 7.92. The smallest absolute Gasteiger partial charge is 0.251 e. The molecule has 1 rings (SSSR count). The minimum atomic E-state index is -2.19. The van der Waals surface area contributed by atoms with Crippen LogP contribution in [0.3, 0.4) is 0 Å². The van der Waals surface area contributed by atoms with E-state index in [1.807, 2.05) is 0 Å². The van der Waals surface area contributed by atoms with Crippen LogP contribution in [-0.2, 0) is 4.79 Å². The van der Waals surface area contributed by atoms with Crippen molar-refractivity contribution in [1.82, 2.24) is 0 Å². The molecule has 7 heteroatoms. The lowest BCUT2D eigenvalue weighted by Crippen LogP contribution is -2.65. The maximum Gasteiger partial charge on any atom is 0.251 e. The maximum atomic E-state index is 10.9. The van der Waals surface area contributed by atoms with E-state index in [9.17, 15) is 25.2 Å². The average molecular weight is 226 g/mol. The third-order valence-corrected chi connectivity index (χ3v) is 3.07. The van der Waals surface area contributed by atoms with Gasteiger partial charge < -0.3 is 26.2 Å². The van der Waals surface area contributed by atoms with Crippen molar-refractivity contribution >= 4 is 17.5 Å². The third kappa shape index (κ3) is 1.59. The molecule has 1 amide bonds. The summed E-state index contributed by atoms with van der Waals surface area (Å²) in [6, 6.07) is 0. The highest BCUT2D eigenvalue weighted by atomic mass is 35.5. The second-order valence-corrected chi connectivity index (χ2v) is 3.91. The van der Waals surface area contributed by atoms with Gasteiger partial charge in [0.05, 0.1) is 11.5 Å². The van der Waals surface area contributed by atoms with Crippen molar-refractivity contribution in [3.63, 3.8) is 0 Å². The number of aliphatic hydroxyl groups excluding tert-OH is 3. The summed E-state index contributed by atoms with van der Waals surface area (Å²) in [7, 11) is 0. The topological polar surface area (TPSA) is 124 Å². The van der Waals surface area contributed by atoms with Gasteiger partial charge >= 0.3 is 0 Å². The van der Waals surface area contributed by atoms with E-state index < -0.39 is 41.6 Å². The van der Waals surface area contributed by atoms with Crippen LogP contribution in [0, 0.1) is 0 Å². The zero-order chi connectivity index (χ0) is 11.1. The normalized spacial score (nSPS) is 48.9. The number of amides is 1. The lowest BCUT2D eigenvalue weighted by Gasteiger charge is -2.41. The van der Waals surface area contributed by atoms with E-state index in [-0.39, 0.29) is 0 Å². The Morgan fingerprint density at radius 1 is 1.36 bits per heavy atom. The van der Waals surface area contributed by atoms with E-state index in [1.165, 1.54) is 0 Å². The molecule has 5 atom stereocenters. The largest absolute Gasteiger partial charge is 0.390 e. The van der Waals surface area contributed by atoms with E-state index in [2.05, 4.69) is 0 Å². The molecule has 0 aromatic rings. The Balaban J connectivity index is 2.96. The van der Waals surface area contributed by atoms with Crippen molar-refractivity contribution in [1.29, 1.82) is 0 Å². The Morgan fingerprint density at radius 2 is 1.86 bits per heavy atom. The summed E-state index contributed by atoms with van der Waals surface area (Å²) < 4.78 is 0. The number of aliphatic hydroxyl groups is 4. The molecular formula is C7H12ClNO5. The standard InChI is InChI=1S/C7H12ClNO5/c8-5-4(12)3(11)2(10)1-7(5,14)6(9)13/h2-5,10-12,14H,1H2,(H2,9,13)/t2-,3?,4+,5?,7?/m1/s1. The maximum absolute atomic E-state index is 10.9. The Morgan fingerprint density at radius 3 is 2.29 bits per heavy atom. The van der Waals surface area contributed by atoms with Gasteiger partial charge in [0.1, 0.15) is 12.2 Å². The van der Waals surface area contributed by atoms with Crippen molar-refractivity contribution in [2.24, 2.45) is 5.73 Å². The minimum Gasteiger partial charge on any atom is -0.390 e. The first-order valence-electron chi connectivity index (χ1n) is 4.01. The molecule has 0 spiro atoms. The number of carbonyl (C=O) groups excluding carboxylic acids is 1. The van der Waals surface area contributed by atoms with Gasteiger partial charge in [0.2, 0.25) is 0 Å². The molecule has 1 fully saturated rings. The predicted octanol–water partition coefficient (Wildman–Crippen LogP) is -2.70. The third-order valence-electron chi connectivity index (χ3n) is 2.45. The number of carbonyl (C=O) groups is 1. The highest BCUT2D eigenvalue weighted by Gasteiger charge is 2.54. The Kier molecular flexibility index (Phi) is 3.03. The lowest BCUT2D eigenvalue weighted by molar-refractivity contribution is -0.168. The summed E-state index contributed by atoms with van der Waals surface area (Å²) in [6.45, 7) is 0. The summed E-state index contributed by atoms with van der Waals surface area (Å²) in [5.74, 6) is -1.14. The molecule has 1 aliphatic rings. The van der Waals surface area contributed by atoms with Crippen LogP contribution in [0.1, 0.15) is 6.42 Å². The second-order valence-electron chi connectivity index (χ2n) is 3.44. The van der Waals surface area contributed by atoms with Gasteiger partial charge in [-0.25, -0.2) is 0 Å². The zero-order valence-electron chi connectivity index (χ0n) is 7.17. The first-order chi connectivity index (χ1) is 6.30. The second kappa shape index (κ2) is 3.63. The van der Waals surface area contributed by atoms with Gasteiger partial charge in [-0.15, -0.1) is 11.6 Å². The van der Waals surface area contributed by atoms with Gasteiger partial charge in [-0.05, 0) is 0 Å². The fourth-order valence-electron chi connectivity index (χ4n) is 1.47. The molecule has 0 bridgehead atoms. The van der Waals surface area contributed by atoms with Crippen molar-refractivity contribution in [2.45, 2.75) is 35.7 Å². The van der Waals surface area contributed by atoms with Crippen molar-refractivity contribution in [3.05, 3.63) is 0 Å². The number of rotatable bonds is 1. The average Bonchev–Trinajstić information content (AvgIpc) is 2.11. The number of hydrogen-bond acceptors (Lipinski definition) is 5. The molecule has 0 saturated heterocycles. The van der Waals surface area contributed by atoms with Crippen LogP contribution in [0.5, 0.6) is 0 Å². The summed E-state index contributed by atoms with van der Waals surface area (Å²) in [4.78, 5) is 10.9. The quantitative estimate of drug-likeness (QED) is 0.311. The molecule has 0 heterocycles. The summed E-state index contributed by atoms with van der Waals surface area (Å²) in [5.41, 5.74) is 2.69. The Labute approximate surface area is 84.9 Å².